The summed E-state index contributed by atoms with van der Waals surface area (Å²) >= 11 is 7.02. The molecular weight excluding hydrogens is 406 g/mol. The summed E-state index contributed by atoms with van der Waals surface area (Å²) in [6, 6.07) is 10.4. The first-order valence-electron chi connectivity index (χ1n) is 8.95. The molecule has 1 aromatic carbocycles. The summed E-state index contributed by atoms with van der Waals surface area (Å²) < 4.78 is 28.4. The van der Waals surface area contributed by atoms with E-state index in [1.807, 2.05) is 12.1 Å². The van der Waals surface area contributed by atoms with Crippen LogP contribution in [0.5, 0.6) is 0 Å². The fourth-order valence-corrected chi connectivity index (χ4v) is 7.00. The monoisotopic (exact) mass is 425 g/mol. The quantitative estimate of drug-likeness (QED) is 0.719. The number of halogens is 1. The number of rotatable bonds is 6. The molecule has 0 saturated heterocycles. The molecule has 0 spiro atoms. The number of thiophene rings is 1. The minimum Gasteiger partial charge on any atom is -0.480 e. The maximum absolute atomic E-state index is 12.9. The molecule has 2 fully saturated rings. The van der Waals surface area contributed by atoms with Crippen molar-refractivity contribution < 1.29 is 18.3 Å². The molecule has 0 bridgehead atoms. The Bertz CT molecular complexity index is 964. The van der Waals surface area contributed by atoms with Crippen molar-refractivity contribution in [1.29, 1.82) is 0 Å². The van der Waals surface area contributed by atoms with Crippen LogP contribution in [0.4, 0.5) is 0 Å². The van der Waals surface area contributed by atoms with Gasteiger partial charge in [-0.1, -0.05) is 49.4 Å². The molecule has 2 aliphatic carbocycles. The number of nitrogens with one attached hydrogen (secondary N) is 1. The molecule has 1 heterocycles. The summed E-state index contributed by atoms with van der Waals surface area (Å²) in [5, 5.41) is 10.3. The molecule has 0 aliphatic heterocycles. The average Bonchev–Trinajstić information content (AvgIpc) is 3.03. The Morgan fingerprint density at radius 3 is 2.44 bits per heavy atom. The fourth-order valence-electron chi connectivity index (χ4n) is 4.15. The zero-order valence-corrected chi connectivity index (χ0v) is 16.9. The van der Waals surface area contributed by atoms with E-state index in [0.717, 1.165) is 47.5 Å². The van der Waals surface area contributed by atoms with Crippen molar-refractivity contribution in [1.82, 2.24) is 4.72 Å². The maximum atomic E-state index is 12.9. The molecule has 27 heavy (non-hydrogen) atoms. The Hall–Kier alpha value is -1.41. The van der Waals surface area contributed by atoms with E-state index >= 15 is 0 Å². The van der Waals surface area contributed by atoms with Crippen LogP contribution in [-0.2, 0) is 14.8 Å². The zero-order chi connectivity index (χ0) is 19.2. The van der Waals surface area contributed by atoms with Crippen molar-refractivity contribution >= 4 is 38.9 Å². The van der Waals surface area contributed by atoms with Crippen molar-refractivity contribution in [2.24, 2.45) is 11.8 Å². The second kappa shape index (κ2) is 6.88. The molecule has 2 atom stereocenters. The second-order valence-electron chi connectivity index (χ2n) is 7.36. The summed E-state index contributed by atoms with van der Waals surface area (Å²) in [6.45, 7) is 0. The Kier molecular flexibility index (Phi) is 4.83. The molecule has 2 unspecified atom stereocenters. The lowest BCUT2D eigenvalue weighted by Crippen LogP contribution is -2.45. The van der Waals surface area contributed by atoms with E-state index in [-0.39, 0.29) is 10.1 Å². The first kappa shape index (κ1) is 18.9. The first-order valence-corrected chi connectivity index (χ1v) is 11.6. The molecule has 0 radical (unpaired) electrons. The molecule has 2 N–H and O–H groups in total. The van der Waals surface area contributed by atoms with E-state index in [4.69, 9.17) is 11.6 Å². The summed E-state index contributed by atoms with van der Waals surface area (Å²) in [5.41, 5.74) is -0.479. The topological polar surface area (TPSA) is 83.5 Å². The standard InChI is InChI=1S/C19H20ClNO4S2/c20-14-7-5-13(6-8-14)16-9-10-17(26-16)27(24,25)21-19(18(22)23)11-15(19)12-3-1-2-4-12/h5-10,12,15,21H,1-4,11H2,(H,22,23). The number of carboxylic acid groups (broad SMARTS) is 1. The van der Waals surface area contributed by atoms with Crippen LogP contribution in [0.1, 0.15) is 32.1 Å². The van der Waals surface area contributed by atoms with Gasteiger partial charge in [0.25, 0.3) is 10.0 Å². The normalized spacial score (nSPS) is 25.6. The largest absolute Gasteiger partial charge is 0.480 e. The van der Waals surface area contributed by atoms with Crippen LogP contribution >= 0.6 is 22.9 Å². The first-order chi connectivity index (χ1) is 12.8. The third-order valence-corrected chi connectivity index (χ3v) is 9.04. The Balaban J connectivity index is 1.56. The van der Waals surface area contributed by atoms with Gasteiger partial charge in [-0.05, 0) is 48.1 Å². The minimum atomic E-state index is -3.90. The highest BCUT2D eigenvalue weighted by Crippen LogP contribution is 2.54. The lowest BCUT2D eigenvalue weighted by Gasteiger charge is -2.17. The van der Waals surface area contributed by atoms with Gasteiger partial charge < -0.3 is 5.11 Å². The van der Waals surface area contributed by atoms with Crippen LogP contribution in [-0.4, -0.2) is 25.0 Å². The summed E-state index contributed by atoms with van der Waals surface area (Å²) in [4.78, 5) is 12.7. The Labute approximate surface area is 167 Å². The fraction of sp³-hybridized carbons (Fsp3) is 0.421. The van der Waals surface area contributed by atoms with Gasteiger partial charge in [-0.3, -0.25) is 4.79 Å². The van der Waals surface area contributed by atoms with Crippen LogP contribution in [0.25, 0.3) is 10.4 Å². The number of carboxylic acids is 1. The van der Waals surface area contributed by atoms with Gasteiger partial charge in [0.05, 0.1) is 0 Å². The molecule has 1 aromatic heterocycles. The third kappa shape index (κ3) is 3.53. The number of carbonyl (C=O) groups is 1. The highest BCUT2D eigenvalue weighted by molar-refractivity contribution is 7.91. The zero-order valence-electron chi connectivity index (χ0n) is 14.5. The highest BCUT2D eigenvalue weighted by Gasteiger charge is 2.65. The molecule has 5 nitrogen and oxygen atoms in total. The number of hydrogen-bond acceptors (Lipinski definition) is 4. The smallest absolute Gasteiger partial charge is 0.325 e. The maximum Gasteiger partial charge on any atom is 0.325 e. The van der Waals surface area contributed by atoms with Gasteiger partial charge in [-0.25, -0.2) is 8.42 Å². The Morgan fingerprint density at radius 1 is 1.15 bits per heavy atom. The minimum absolute atomic E-state index is 0.108. The lowest BCUT2D eigenvalue weighted by atomic mass is 9.98. The van der Waals surface area contributed by atoms with E-state index < -0.39 is 21.5 Å². The molecule has 0 amide bonds. The second-order valence-corrected chi connectivity index (χ2v) is 10.8. The van der Waals surface area contributed by atoms with Crippen LogP contribution in [0.15, 0.2) is 40.6 Å². The molecule has 2 saturated carbocycles. The summed E-state index contributed by atoms with van der Waals surface area (Å²) in [7, 11) is -3.90. The van der Waals surface area contributed by atoms with Gasteiger partial charge in [-0.15, -0.1) is 11.3 Å². The van der Waals surface area contributed by atoms with E-state index in [1.54, 1.807) is 18.2 Å². The predicted octanol–water partition coefficient (Wildman–Crippen LogP) is 4.38. The molecule has 144 valence electrons. The van der Waals surface area contributed by atoms with Crippen molar-refractivity contribution in [2.45, 2.75) is 41.9 Å². The van der Waals surface area contributed by atoms with Crippen molar-refractivity contribution in [2.75, 3.05) is 0 Å². The van der Waals surface area contributed by atoms with E-state index in [1.165, 1.54) is 6.07 Å². The summed E-state index contributed by atoms with van der Waals surface area (Å²) in [6.07, 6.45) is 4.54. The average molecular weight is 426 g/mol. The van der Waals surface area contributed by atoms with Gasteiger partial charge >= 0.3 is 5.97 Å². The molecule has 4 rings (SSSR count). The van der Waals surface area contributed by atoms with Crippen LogP contribution in [0.3, 0.4) is 0 Å². The van der Waals surface area contributed by atoms with Gasteiger partial charge in [0.2, 0.25) is 0 Å². The Morgan fingerprint density at radius 2 is 1.81 bits per heavy atom. The van der Waals surface area contributed by atoms with Crippen molar-refractivity contribution in [3.63, 3.8) is 0 Å². The number of hydrogen-bond donors (Lipinski definition) is 2. The van der Waals surface area contributed by atoms with E-state index in [9.17, 15) is 18.3 Å². The number of sulfonamides is 1. The number of benzene rings is 1. The molecular formula is C19H20ClNO4S2. The van der Waals surface area contributed by atoms with Crippen molar-refractivity contribution in [3.8, 4) is 10.4 Å². The SMILES string of the molecule is O=C(O)C1(NS(=O)(=O)c2ccc(-c3ccc(Cl)cc3)s2)CC1C1CCCC1. The van der Waals surface area contributed by atoms with Gasteiger partial charge in [0.15, 0.2) is 0 Å². The number of aliphatic carboxylic acids is 1. The van der Waals surface area contributed by atoms with Crippen LogP contribution in [0.2, 0.25) is 5.02 Å². The molecule has 8 heteroatoms. The van der Waals surface area contributed by atoms with Crippen LogP contribution < -0.4 is 4.72 Å². The molecule has 2 aromatic rings. The third-order valence-electron chi connectivity index (χ3n) is 5.66. The van der Waals surface area contributed by atoms with Crippen molar-refractivity contribution in [3.05, 3.63) is 41.4 Å². The molecule has 2 aliphatic rings. The predicted molar refractivity (Wildman–Crippen MR) is 106 cm³/mol. The lowest BCUT2D eigenvalue weighted by molar-refractivity contribution is -0.140. The van der Waals surface area contributed by atoms with Gasteiger partial charge in [-0.2, -0.15) is 4.72 Å². The van der Waals surface area contributed by atoms with E-state index in [2.05, 4.69) is 4.72 Å². The highest BCUT2D eigenvalue weighted by atomic mass is 35.5. The van der Waals surface area contributed by atoms with Crippen LogP contribution in [0, 0.1) is 11.8 Å². The van der Waals surface area contributed by atoms with E-state index in [0.29, 0.717) is 17.4 Å². The van der Waals surface area contributed by atoms with Gasteiger partial charge in [0, 0.05) is 9.90 Å². The van der Waals surface area contributed by atoms with Gasteiger partial charge in [0.1, 0.15) is 9.75 Å². The summed E-state index contributed by atoms with van der Waals surface area (Å²) in [5.74, 6) is -0.878.